The molecule has 53 heavy (non-hydrogen) atoms. The zero-order valence-corrected chi connectivity index (χ0v) is 30.6. The van der Waals surface area contributed by atoms with Gasteiger partial charge in [-0.25, -0.2) is 14.4 Å². The van der Waals surface area contributed by atoms with Gasteiger partial charge in [0.1, 0.15) is 11.3 Å². The lowest BCUT2D eigenvalue weighted by Crippen LogP contribution is -2.58. The standard InChI is InChI=1S/C42H47FN8O2/c1-25(2)50-24-45-35-21-34(47-39(38(35)50)46-33-9-5-4-8-32(33)43)26-10-11-31-36(18-26)51(28-19-27(20-28)48-14-6-3-7-15-48)41(53)42(31)12-16-49(17-13-42)40(52)37-29-22-44-23-30(29)37/h4-5,8-11,18,21,24-25,27-29,44H,3,6-7,12-17,19-20,22-23H2,1-2H3,(H,46,47)/t27-,28+,29?. The van der Waals surface area contributed by atoms with Crippen molar-refractivity contribution in [3.63, 3.8) is 0 Å². The predicted molar refractivity (Wildman–Crippen MR) is 204 cm³/mol. The van der Waals surface area contributed by atoms with Gasteiger partial charge in [0.25, 0.3) is 0 Å². The van der Waals surface area contributed by atoms with E-state index >= 15 is 0 Å². The Morgan fingerprint density at radius 2 is 1.79 bits per heavy atom. The molecule has 11 heteroatoms. The highest BCUT2D eigenvalue weighted by Crippen LogP contribution is 2.53. The zero-order valence-electron chi connectivity index (χ0n) is 30.6. The Morgan fingerprint density at radius 3 is 2.53 bits per heavy atom. The fourth-order valence-corrected chi connectivity index (χ4v) is 9.99. The van der Waals surface area contributed by atoms with Gasteiger partial charge < -0.3 is 29.9 Å². The van der Waals surface area contributed by atoms with Crippen LogP contribution in [0.5, 0.6) is 0 Å². The number of fused-ring (bicyclic) bond motifs is 4. The van der Waals surface area contributed by atoms with Crippen molar-refractivity contribution in [3.05, 3.63) is 77.4 Å². The number of piperidine rings is 2. The van der Waals surface area contributed by atoms with Gasteiger partial charge in [-0.1, -0.05) is 30.7 Å². The number of likely N-dealkylation sites (tertiary alicyclic amines) is 2. The number of nitrogens with zero attached hydrogens (tertiary/aromatic N) is 6. The van der Waals surface area contributed by atoms with E-state index in [1.807, 2.05) is 17.3 Å². The number of para-hydroxylation sites is 1. The second kappa shape index (κ2) is 12.5. The summed E-state index contributed by atoms with van der Waals surface area (Å²) < 4.78 is 17.0. The third-order valence-corrected chi connectivity index (χ3v) is 13.1. The molecule has 4 fully saturated rings. The van der Waals surface area contributed by atoms with Gasteiger partial charge >= 0.3 is 0 Å². The summed E-state index contributed by atoms with van der Waals surface area (Å²) >= 11 is 0. The van der Waals surface area contributed by atoms with Crippen molar-refractivity contribution in [3.8, 4) is 11.3 Å². The van der Waals surface area contributed by atoms with Crippen molar-refractivity contribution in [1.29, 1.82) is 0 Å². The number of imidazole rings is 1. The molecule has 0 radical (unpaired) electrons. The molecule has 274 valence electrons. The lowest BCUT2D eigenvalue weighted by molar-refractivity contribution is -0.132. The van der Waals surface area contributed by atoms with Crippen molar-refractivity contribution in [2.24, 2.45) is 5.92 Å². The first kappa shape index (κ1) is 33.0. The van der Waals surface area contributed by atoms with E-state index in [9.17, 15) is 14.0 Å². The first-order valence-electron chi connectivity index (χ1n) is 19.7. The Hall–Kier alpha value is -4.61. The zero-order chi connectivity index (χ0) is 36.0. The molecular formula is C42H47FN8O2. The van der Waals surface area contributed by atoms with Crippen LogP contribution in [-0.2, 0) is 15.0 Å². The SMILES string of the molecule is CC(C)n1cnc2cc(-c3ccc4c(c3)N([C@H]3C[C@@H](N5CCCCC5)C3)C(=O)C43CCN(C(=O)C4=C5CNCC54)CC3)nc(Nc3ccccc3F)c21. The second-order valence-corrected chi connectivity index (χ2v) is 16.4. The van der Waals surface area contributed by atoms with Gasteiger partial charge in [-0.05, 0) is 101 Å². The molecule has 2 aromatic heterocycles. The van der Waals surface area contributed by atoms with Crippen LogP contribution in [0.15, 0.2) is 66.0 Å². The molecular weight excluding hydrogens is 668 g/mol. The highest BCUT2D eigenvalue weighted by molar-refractivity contribution is 6.10. The summed E-state index contributed by atoms with van der Waals surface area (Å²) in [5, 5.41) is 6.63. The Balaban J connectivity index is 1.01. The number of hydrogen-bond donors (Lipinski definition) is 2. The average molecular weight is 715 g/mol. The molecule has 1 saturated carbocycles. The molecule has 6 aliphatic rings. The highest BCUT2D eigenvalue weighted by Gasteiger charge is 2.56. The van der Waals surface area contributed by atoms with Crippen molar-refractivity contribution in [1.82, 2.24) is 29.7 Å². The summed E-state index contributed by atoms with van der Waals surface area (Å²) in [6.07, 6.45) is 8.85. The topological polar surface area (TPSA) is 98.6 Å². The highest BCUT2D eigenvalue weighted by atomic mass is 19.1. The van der Waals surface area contributed by atoms with E-state index in [2.05, 4.69) is 57.0 Å². The third kappa shape index (κ3) is 5.25. The Morgan fingerprint density at radius 1 is 1.00 bits per heavy atom. The minimum absolute atomic E-state index is 0.126. The molecule has 10 nitrogen and oxygen atoms in total. The number of rotatable bonds is 7. The van der Waals surface area contributed by atoms with Crippen molar-refractivity contribution < 1.29 is 14.0 Å². The van der Waals surface area contributed by atoms with E-state index in [1.165, 1.54) is 30.9 Å². The van der Waals surface area contributed by atoms with E-state index in [-0.39, 0.29) is 29.7 Å². The first-order chi connectivity index (χ1) is 25.8. The van der Waals surface area contributed by atoms with Gasteiger partial charge in [0.05, 0.1) is 28.6 Å². The van der Waals surface area contributed by atoms with Crippen LogP contribution in [0.4, 0.5) is 21.6 Å². The van der Waals surface area contributed by atoms with Gasteiger partial charge in [-0.2, -0.15) is 0 Å². The van der Waals surface area contributed by atoms with E-state index in [0.29, 0.717) is 55.1 Å². The predicted octanol–water partition coefficient (Wildman–Crippen LogP) is 6.32. The lowest BCUT2D eigenvalue weighted by Gasteiger charge is -2.48. The summed E-state index contributed by atoms with van der Waals surface area (Å²) in [5.41, 5.74) is 7.20. The molecule has 2 aromatic carbocycles. The van der Waals surface area contributed by atoms with Gasteiger partial charge in [0.2, 0.25) is 11.8 Å². The molecule has 3 saturated heterocycles. The molecule has 2 amide bonds. The first-order valence-corrected chi connectivity index (χ1v) is 19.7. The summed E-state index contributed by atoms with van der Waals surface area (Å²) in [5.74, 6) is 0.858. The molecule has 1 unspecified atom stereocenters. The van der Waals surface area contributed by atoms with Crippen LogP contribution in [0.1, 0.15) is 70.4 Å². The van der Waals surface area contributed by atoms with Crippen LogP contribution in [0.2, 0.25) is 0 Å². The normalized spacial score (nSPS) is 25.0. The Labute approximate surface area is 309 Å². The maximum atomic E-state index is 14.9. The van der Waals surface area contributed by atoms with Gasteiger partial charge in [0.15, 0.2) is 5.82 Å². The smallest absolute Gasteiger partial charge is 0.250 e. The maximum Gasteiger partial charge on any atom is 0.250 e. The van der Waals surface area contributed by atoms with Crippen molar-refractivity contribution in [2.75, 3.05) is 49.5 Å². The largest absolute Gasteiger partial charge is 0.339 e. The average Bonchev–Trinajstić information content (AvgIpc) is 3.44. The van der Waals surface area contributed by atoms with E-state index in [1.54, 1.807) is 18.2 Å². The summed E-state index contributed by atoms with van der Waals surface area (Å²) in [6.45, 7) is 9.35. The number of anilines is 3. The lowest BCUT2D eigenvalue weighted by atomic mass is 9.73. The molecule has 6 heterocycles. The van der Waals surface area contributed by atoms with Crippen molar-refractivity contribution in [2.45, 2.75) is 82.3 Å². The van der Waals surface area contributed by atoms with Gasteiger partial charge in [0, 0.05) is 67.0 Å². The number of carbonyl (C=O) groups excluding carboxylic acids is 2. The summed E-state index contributed by atoms with van der Waals surface area (Å²) in [6, 6.07) is 15.8. The Bertz CT molecular complexity index is 2170. The van der Waals surface area contributed by atoms with Gasteiger partial charge in [-0.15, -0.1) is 0 Å². The second-order valence-electron chi connectivity index (χ2n) is 16.4. The molecule has 2 aliphatic carbocycles. The Kier molecular flexibility index (Phi) is 7.77. The van der Waals surface area contributed by atoms with Crippen LogP contribution in [0.25, 0.3) is 22.3 Å². The number of hydrogen-bond acceptors (Lipinski definition) is 7. The number of aromatic nitrogens is 3. The van der Waals surface area contributed by atoms with Crippen LogP contribution in [0, 0.1) is 11.7 Å². The number of amides is 2. The van der Waals surface area contributed by atoms with E-state index in [0.717, 1.165) is 72.4 Å². The minimum atomic E-state index is -0.648. The quantitative estimate of drug-likeness (QED) is 0.232. The minimum Gasteiger partial charge on any atom is -0.339 e. The van der Waals surface area contributed by atoms with Crippen LogP contribution < -0.4 is 15.5 Å². The van der Waals surface area contributed by atoms with E-state index < -0.39 is 5.41 Å². The van der Waals surface area contributed by atoms with Crippen LogP contribution in [-0.4, -0.2) is 87.5 Å². The molecule has 10 rings (SSSR count). The molecule has 1 atom stereocenters. The number of pyridine rings is 1. The third-order valence-electron chi connectivity index (χ3n) is 13.1. The number of nitrogens with one attached hydrogen (secondary N) is 2. The van der Waals surface area contributed by atoms with Crippen LogP contribution >= 0.6 is 0 Å². The molecule has 0 bridgehead atoms. The van der Waals surface area contributed by atoms with E-state index in [4.69, 9.17) is 9.97 Å². The molecule has 4 aliphatic heterocycles. The number of halogens is 1. The van der Waals surface area contributed by atoms with Crippen molar-refractivity contribution >= 4 is 40.0 Å². The molecule has 2 N–H and O–H groups in total. The fourth-order valence-electron chi connectivity index (χ4n) is 9.99. The van der Waals surface area contributed by atoms with Crippen LogP contribution in [0.3, 0.4) is 0 Å². The number of benzene rings is 2. The maximum absolute atomic E-state index is 14.9. The summed E-state index contributed by atoms with van der Waals surface area (Å²) in [4.78, 5) is 45.1. The number of carbonyl (C=O) groups is 2. The molecule has 4 aromatic rings. The van der Waals surface area contributed by atoms with Gasteiger partial charge in [-0.3, -0.25) is 9.59 Å². The monoisotopic (exact) mass is 714 g/mol. The fraction of sp³-hybridized carbons (Fsp3) is 0.476. The summed E-state index contributed by atoms with van der Waals surface area (Å²) in [7, 11) is 0. The molecule has 1 spiro atoms.